The maximum absolute atomic E-state index is 13.1. The number of benzene rings is 1. The van der Waals surface area contributed by atoms with E-state index in [9.17, 15) is 21.6 Å². The zero-order valence-electron chi connectivity index (χ0n) is 12.3. The summed E-state index contributed by atoms with van der Waals surface area (Å²) < 4.78 is 65.7. The third-order valence-corrected chi connectivity index (χ3v) is 5.64. The molecule has 2 N–H and O–H groups in total. The maximum atomic E-state index is 13.1. The highest BCUT2D eigenvalue weighted by molar-refractivity contribution is 7.89. The molecule has 1 aliphatic heterocycles. The topological polar surface area (TPSA) is 89.2 Å². The van der Waals surface area contributed by atoms with Gasteiger partial charge in [-0.25, -0.2) is 18.4 Å². The smallest absolute Gasteiger partial charge is 0.368 e. The molecule has 24 heavy (non-hydrogen) atoms. The van der Waals surface area contributed by atoms with Crippen molar-refractivity contribution in [3.05, 3.63) is 47.3 Å². The molecule has 0 fully saturated rings. The summed E-state index contributed by atoms with van der Waals surface area (Å²) >= 11 is 0. The first-order chi connectivity index (χ1) is 11.2. The third-order valence-electron chi connectivity index (χ3n) is 3.74. The zero-order valence-corrected chi connectivity index (χ0v) is 13.1. The minimum absolute atomic E-state index is 0.0105. The summed E-state index contributed by atoms with van der Waals surface area (Å²) in [6.45, 7) is -0.0919. The van der Waals surface area contributed by atoms with Crippen LogP contribution in [0.2, 0.25) is 0 Å². The first-order valence-corrected chi connectivity index (χ1v) is 8.40. The van der Waals surface area contributed by atoms with Crippen molar-refractivity contribution in [2.75, 3.05) is 12.3 Å². The van der Waals surface area contributed by atoms with Crippen molar-refractivity contribution >= 4 is 16.0 Å². The van der Waals surface area contributed by atoms with Gasteiger partial charge < -0.3 is 5.73 Å². The largest absolute Gasteiger partial charge is 0.417 e. The van der Waals surface area contributed by atoms with Gasteiger partial charge in [0, 0.05) is 12.7 Å². The molecule has 0 saturated carbocycles. The van der Waals surface area contributed by atoms with Crippen LogP contribution in [0.25, 0.3) is 0 Å². The number of nitrogens with zero attached hydrogens (tertiary/aromatic N) is 3. The van der Waals surface area contributed by atoms with Crippen LogP contribution < -0.4 is 5.73 Å². The van der Waals surface area contributed by atoms with E-state index in [0.29, 0.717) is 12.1 Å². The second-order valence-electron chi connectivity index (χ2n) is 5.28. The summed E-state index contributed by atoms with van der Waals surface area (Å²) in [5.41, 5.74) is 5.45. The number of hydrogen-bond donors (Lipinski definition) is 1. The maximum Gasteiger partial charge on any atom is 0.417 e. The Morgan fingerprint density at radius 1 is 1.21 bits per heavy atom. The van der Waals surface area contributed by atoms with E-state index in [1.54, 1.807) is 0 Å². The standard InChI is InChI=1S/C14H13F3N4O2S/c15-14(16,17)10-3-1-2-4-12(10)24(22,23)21-6-5-9-7-19-13(18)20-11(9)8-21/h1-4,7H,5-6,8H2,(H2,18,19,20). The van der Waals surface area contributed by atoms with Crippen molar-refractivity contribution < 1.29 is 21.6 Å². The van der Waals surface area contributed by atoms with Crippen molar-refractivity contribution in [1.29, 1.82) is 0 Å². The molecule has 10 heteroatoms. The SMILES string of the molecule is Nc1ncc2c(n1)CN(S(=O)(=O)c1ccccc1C(F)(F)F)CC2. The molecular formula is C14H13F3N4O2S. The molecule has 1 aromatic heterocycles. The summed E-state index contributed by atoms with van der Waals surface area (Å²) in [5.74, 6) is -0.0105. The summed E-state index contributed by atoms with van der Waals surface area (Å²) in [6, 6.07) is 4.13. The molecule has 1 aliphatic rings. The van der Waals surface area contributed by atoms with Gasteiger partial charge in [0.15, 0.2) is 0 Å². The van der Waals surface area contributed by atoms with Crippen LogP contribution in [-0.2, 0) is 29.2 Å². The van der Waals surface area contributed by atoms with E-state index in [-0.39, 0.29) is 19.0 Å². The molecule has 0 radical (unpaired) electrons. The van der Waals surface area contributed by atoms with Gasteiger partial charge in [-0.05, 0) is 24.1 Å². The van der Waals surface area contributed by atoms with E-state index in [1.807, 2.05) is 0 Å². The number of halogens is 3. The number of anilines is 1. The Morgan fingerprint density at radius 3 is 2.62 bits per heavy atom. The lowest BCUT2D eigenvalue weighted by atomic mass is 10.1. The lowest BCUT2D eigenvalue weighted by Crippen LogP contribution is -2.37. The van der Waals surface area contributed by atoms with Crippen LogP contribution in [0.5, 0.6) is 0 Å². The van der Waals surface area contributed by atoms with Crippen LogP contribution in [0.3, 0.4) is 0 Å². The summed E-state index contributed by atoms with van der Waals surface area (Å²) in [5, 5.41) is 0. The normalized spacial score (nSPS) is 16.0. The van der Waals surface area contributed by atoms with Crippen LogP contribution in [0, 0.1) is 0 Å². The van der Waals surface area contributed by atoms with Gasteiger partial charge in [0.05, 0.1) is 22.7 Å². The minimum atomic E-state index is -4.76. The highest BCUT2D eigenvalue weighted by Crippen LogP contribution is 2.36. The Balaban J connectivity index is 2.01. The van der Waals surface area contributed by atoms with Crippen molar-refractivity contribution in [2.24, 2.45) is 0 Å². The van der Waals surface area contributed by atoms with E-state index in [1.165, 1.54) is 12.3 Å². The fraction of sp³-hybridized carbons (Fsp3) is 0.286. The summed E-state index contributed by atoms with van der Waals surface area (Å²) in [6.07, 6.45) is -2.95. The molecule has 3 rings (SSSR count). The molecule has 1 aromatic carbocycles. The van der Waals surface area contributed by atoms with Gasteiger partial charge in [0.1, 0.15) is 0 Å². The highest BCUT2D eigenvalue weighted by atomic mass is 32.2. The number of hydrogen-bond acceptors (Lipinski definition) is 5. The van der Waals surface area contributed by atoms with Crippen LogP contribution in [0.15, 0.2) is 35.4 Å². The Bertz CT molecular complexity index is 884. The van der Waals surface area contributed by atoms with Crippen molar-refractivity contribution in [3.63, 3.8) is 0 Å². The lowest BCUT2D eigenvalue weighted by Gasteiger charge is -2.28. The monoisotopic (exact) mass is 358 g/mol. The Morgan fingerprint density at radius 2 is 1.92 bits per heavy atom. The van der Waals surface area contributed by atoms with E-state index in [2.05, 4.69) is 9.97 Å². The van der Waals surface area contributed by atoms with Crippen LogP contribution in [0.4, 0.5) is 19.1 Å². The van der Waals surface area contributed by atoms with Gasteiger partial charge in [0.25, 0.3) is 0 Å². The number of alkyl halides is 3. The van der Waals surface area contributed by atoms with Gasteiger partial charge in [-0.2, -0.15) is 17.5 Å². The number of nitrogen functional groups attached to an aromatic ring is 1. The Labute approximate surface area is 136 Å². The quantitative estimate of drug-likeness (QED) is 0.885. The number of nitrogens with two attached hydrogens (primary N) is 1. The third kappa shape index (κ3) is 2.94. The molecule has 0 unspecified atom stereocenters. The minimum Gasteiger partial charge on any atom is -0.368 e. The fourth-order valence-electron chi connectivity index (χ4n) is 2.56. The predicted molar refractivity (Wildman–Crippen MR) is 79.2 cm³/mol. The average molecular weight is 358 g/mol. The molecule has 0 bridgehead atoms. The zero-order chi connectivity index (χ0) is 17.5. The van der Waals surface area contributed by atoms with Gasteiger partial charge >= 0.3 is 6.18 Å². The number of fused-ring (bicyclic) bond motifs is 1. The predicted octanol–water partition coefficient (Wildman–Crippen LogP) is 1.82. The van der Waals surface area contributed by atoms with Gasteiger partial charge in [-0.3, -0.25) is 0 Å². The summed E-state index contributed by atoms with van der Waals surface area (Å²) in [7, 11) is -4.32. The number of aromatic nitrogens is 2. The van der Waals surface area contributed by atoms with Crippen LogP contribution >= 0.6 is 0 Å². The molecular weight excluding hydrogens is 345 g/mol. The van der Waals surface area contributed by atoms with Gasteiger partial charge in [0.2, 0.25) is 16.0 Å². The molecule has 0 aliphatic carbocycles. The van der Waals surface area contributed by atoms with Crippen molar-refractivity contribution in [3.8, 4) is 0 Å². The van der Waals surface area contributed by atoms with E-state index in [4.69, 9.17) is 5.73 Å². The van der Waals surface area contributed by atoms with Gasteiger partial charge in [-0.15, -0.1) is 0 Å². The first-order valence-electron chi connectivity index (χ1n) is 6.96. The number of rotatable bonds is 2. The molecule has 0 amide bonds. The first kappa shape index (κ1) is 16.7. The second kappa shape index (κ2) is 5.71. The molecule has 0 saturated heterocycles. The van der Waals surface area contributed by atoms with E-state index >= 15 is 0 Å². The van der Waals surface area contributed by atoms with E-state index in [0.717, 1.165) is 28.1 Å². The molecule has 6 nitrogen and oxygen atoms in total. The van der Waals surface area contributed by atoms with Crippen LogP contribution in [0.1, 0.15) is 16.8 Å². The number of sulfonamides is 1. The highest BCUT2D eigenvalue weighted by Gasteiger charge is 2.39. The Kier molecular flexibility index (Phi) is 3.96. The van der Waals surface area contributed by atoms with Crippen molar-refractivity contribution in [1.82, 2.24) is 14.3 Å². The Hall–Kier alpha value is -2.20. The molecule has 2 heterocycles. The lowest BCUT2D eigenvalue weighted by molar-refractivity contribution is -0.139. The molecule has 0 spiro atoms. The molecule has 2 aromatic rings. The van der Waals surface area contributed by atoms with Crippen LogP contribution in [-0.4, -0.2) is 29.2 Å². The van der Waals surface area contributed by atoms with E-state index < -0.39 is 26.7 Å². The molecule has 128 valence electrons. The van der Waals surface area contributed by atoms with Crippen molar-refractivity contribution in [2.45, 2.75) is 24.0 Å². The summed E-state index contributed by atoms with van der Waals surface area (Å²) in [4.78, 5) is 7.05. The average Bonchev–Trinajstić information content (AvgIpc) is 2.53. The molecule has 0 atom stereocenters. The van der Waals surface area contributed by atoms with Gasteiger partial charge in [-0.1, -0.05) is 12.1 Å². The second-order valence-corrected chi connectivity index (χ2v) is 7.19. The fourth-order valence-corrected chi connectivity index (χ4v) is 4.18.